The third kappa shape index (κ3) is 2.87. The monoisotopic (exact) mass is 366 g/mol. The van der Waals surface area contributed by atoms with Gasteiger partial charge in [-0.2, -0.15) is 4.31 Å². The molecule has 1 N–H and O–H groups in total. The predicted octanol–water partition coefficient (Wildman–Crippen LogP) is 4.26. The molecule has 0 amide bonds. The fourth-order valence-corrected chi connectivity index (χ4v) is 5.20. The van der Waals surface area contributed by atoms with Crippen molar-refractivity contribution in [2.45, 2.75) is 25.2 Å². The molecule has 1 aliphatic rings. The SMILES string of the molecule is Cc1cccc(S(=O)(=O)N2CC=C(c3c(C)[nH]c4ccccc34)CC2)c1. The van der Waals surface area contributed by atoms with Crippen LogP contribution in [-0.2, 0) is 10.0 Å². The maximum absolute atomic E-state index is 12.9. The predicted molar refractivity (Wildman–Crippen MR) is 106 cm³/mol. The molecule has 0 spiro atoms. The Labute approximate surface area is 154 Å². The quantitative estimate of drug-likeness (QED) is 0.753. The Morgan fingerprint density at radius 1 is 1.04 bits per heavy atom. The van der Waals surface area contributed by atoms with E-state index in [1.807, 2.05) is 25.1 Å². The van der Waals surface area contributed by atoms with Crippen LogP contribution in [0.15, 0.2) is 59.5 Å². The van der Waals surface area contributed by atoms with E-state index in [1.54, 1.807) is 22.5 Å². The van der Waals surface area contributed by atoms with Gasteiger partial charge in [0.05, 0.1) is 4.90 Å². The van der Waals surface area contributed by atoms with Crippen LogP contribution >= 0.6 is 0 Å². The molecule has 2 heterocycles. The average molecular weight is 366 g/mol. The smallest absolute Gasteiger partial charge is 0.243 e. The van der Waals surface area contributed by atoms with Gasteiger partial charge in [-0.15, -0.1) is 0 Å². The largest absolute Gasteiger partial charge is 0.358 e. The van der Waals surface area contributed by atoms with E-state index < -0.39 is 10.0 Å². The van der Waals surface area contributed by atoms with Gasteiger partial charge >= 0.3 is 0 Å². The summed E-state index contributed by atoms with van der Waals surface area (Å²) in [5, 5.41) is 1.20. The lowest BCUT2D eigenvalue weighted by atomic mass is 9.97. The summed E-state index contributed by atoms with van der Waals surface area (Å²) >= 11 is 0. The van der Waals surface area contributed by atoms with Gasteiger partial charge in [0.2, 0.25) is 10.0 Å². The summed E-state index contributed by atoms with van der Waals surface area (Å²) in [5.74, 6) is 0. The van der Waals surface area contributed by atoms with Crippen LogP contribution in [0.2, 0.25) is 0 Å². The Balaban J connectivity index is 1.65. The summed E-state index contributed by atoms with van der Waals surface area (Å²) < 4.78 is 27.4. The fourth-order valence-electron chi connectivity index (χ4n) is 3.71. The van der Waals surface area contributed by atoms with Gasteiger partial charge in [0.25, 0.3) is 0 Å². The number of sulfonamides is 1. The highest BCUT2D eigenvalue weighted by Gasteiger charge is 2.27. The van der Waals surface area contributed by atoms with Crippen LogP contribution in [0, 0.1) is 13.8 Å². The van der Waals surface area contributed by atoms with Crippen molar-refractivity contribution in [2.24, 2.45) is 0 Å². The summed E-state index contributed by atoms with van der Waals surface area (Å²) in [5.41, 5.74) is 5.64. The molecule has 0 atom stereocenters. The number of aromatic amines is 1. The Kier molecular flexibility index (Phi) is 4.21. The molecule has 0 saturated heterocycles. The number of rotatable bonds is 3. The van der Waals surface area contributed by atoms with Crippen molar-refractivity contribution in [1.82, 2.24) is 9.29 Å². The lowest BCUT2D eigenvalue weighted by Gasteiger charge is -2.26. The van der Waals surface area contributed by atoms with Gasteiger partial charge in [-0.05, 0) is 49.6 Å². The molecule has 0 unspecified atom stereocenters. The zero-order chi connectivity index (χ0) is 18.3. The highest BCUT2D eigenvalue weighted by molar-refractivity contribution is 7.89. The number of aromatic nitrogens is 1. The standard InChI is InChI=1S/C21H22N2O2S/c1-15-6-5-7-18(14-15)26(24,25)23-12-10-17(11-13-23)21-16(2)22-20-9-4-3-8-19(20)21/h3-10,14,22H,11-13H2,1-2H3. The van der Waals surface area contributed by atoms with Crippen molar-refractivity contribution in [2.75, 3.05) is 13.1 Å². The molecular formula is C21H22N2O2S. The first-order valence-electron chi connectivity index (χ1n) is 8.80. The van der Waals surface area contributed by atoms with Crippen LogP contribution in [0.5, 0.6) is 0 Å². The number of nitrogens with zero attached hydrogens (tertiary/aromatic N) is 1. The molecule has 0 fully saturated rings. The van der Waals surface area contributed by atoms with E-state index in [-0.39, 0.29) is 0 Å². The Morgan fingerprint density at radius 3 is 2.58 bits per heavy atom. The molecule has 2 aromatic carbocycles. The van der Waals surface area contributed by atoms with Crippen molar-refractivity contribution in [3.05, 3.63) is 71.4 Å². The van der Waals surface area contributed by atoms with Crippen molar-refractivity contribution in [3.8, 4) is 0 Å². The van der Waals surface area contributed by atoms with Gasteiger partial charge in [-0.25, -0.2) is 8.42 Å². The number of H-pyrrole nitrogens is 1. The van der Waals surface area contributed by atoms with E-state index in [0.29, 0.717) is 24.4 Å². The molecule has 26 heavy (non-hydrogen) atoms. The van der Waals surface area contributed by atoms with Gasteiger partial charge in [-0.3, -0.25) is 0 Å². The molecule has 5 heteroatoms. The number of hydrogen-bond acceptors (Lipinski definition) is 2. The summed E-state index contributed by atoms with van der Waals surface area (Å²) in [6.45, 7) is 4.89. The summed E-state index contributed by atoms with van der Waals surface area (Å²) in [6, 6.07) is 15.4. The molecule has 1 aromatic heterocycles. The Hall–Kier alpha value is -2.37. The van der Waals surface area contributed by atoms with E-state index >= 15 is 0 Å². The Morgan fingerprint density at radius 2 is 1.85 bits per heavy atom. The third-order valence-corrected chi connectivity index (χ3v) is 6.87. The van der Waals surface area contributed by atoms with Gasteiger partial charge in [0.1, 0.15) is 0 Å². The third-order valence-electron chi connectivity index (χ3n) is 5.01. The van der Waals surface area contributed by atoms with Crippen LogP contribution in [0.25, 0.3) is 16.5 Å². The molecule has 0 aliphatic carbocycles. The molecule has 0 saturated carbocycles. The van der Waals surface area contributed by atoms with Gasteiger partial charge in [0.15, 0.2) is 0 Å². The summed E-state index contributed by atoms with van der Waals surface area (Å²) in [4.78, 5) is 3.80. The fraction of sp³-hybridized carbons (Fsp3) is 0.238. The molecule has 0 bridgehead atoms. The van der Waals surface area contributed by atoms with Crippen LogP contribution in [0.3, 0.4) is 0 Å². The normalized spacial score (nSPS) is 16.0. The number of para-hydroxylation sites is 1. The molecule has 0 radical (unpaired) electrons. The lowest BCUT2D eigenvalue weighted by molar-refractivity contribution is 0.441. The molecule has 4 rings (SSSR count). The average Bonchev–Trinajstić information content (AvgIpc) is 2.97. The first-order valence-corrected chi connectivity index (χ1v) is 10.2. The van der Waals surface area contributed by atoms with Crippen LogP contribution in [0.1, 0.15) is 23.2 Å². The second-order valence-electron chi connectivity index (χ2n) is 6.83. The van der Waals surface area contributed by atoms with E-state index in [0.717, 1.165) is 16.8 Å². The molecular weight excluding hydrogens is 344 g/mol. The topological polar surface area (TPSA) is 53.2 Å². The summed E-state index contributed by atoms with van der Waals surface area (Å²) in [6.07, 6.45) is 2.77. The van der Waals surface area contributed by atoms with Crippen molar-refractivity contribution in [1.29, 1.82) is 0 Å². The molecule has 134 valence electrons. The van der Waals surface area contributed by atoms with Crippen molar-refractivity contribution >= 4 is 26.5 Å². The van der Waals surface area contributed by atoms with Gasteiger partial charge in [-0.1, -0.05) is 36.4 Å². The first kappa shape index (κ1) is 17.1. The van der Waals surface area contributed by atoms with Crippen molar-refractivity contribution in [3.63, 3.8) is 0 Å². The number of hydrogen-bond donors (Lipinski definition) is 1. The molecule has 4 nitrogen and oxygen atoms in total. The zero-order valence-electron chi connectivity index (χ0n) is 15.0. The maximum Gasteiger partial charge on any atom is 0.243 e. The highest BCUT2D eigenvalue weighted by atomic mass is 32.2. The minimum absolute atomic E-state index is 0.373. The molecule has 3 aromatic rings. The van der Waals surface area contributed by atoms with E-state index in [2.05, 4.69) is 30.1 Å². The number of benzene rings is 2. The van der Waals surface area contributed by atoms with E-state index in [9.17, 15) is 8.42 Å². The van der Waals surface area contributed by atoms with Crippen LogP contribution < -0.4 is 0 Å². The molecule has 1 aliphatic heterocycles. The van der Waals surface area contributed by atoms with Gasteiger partial charge in [0, 0.05) is 35.2 Å². The lowest BCUT2D eigenvalue weighted by Crippen LogP contribution is -2.34. The zero-order valence-corrected chi connectivity index (χ0v) is 15.8. The van der Waals surface area contributed by atoms with Crippen LogP contribution in [0.4, 0.5) is 0 Å². The van der Waals surface area contributed by atoms with E-state index in [1.165, 1.54) is 16.5 Å². The number of fused-ring (bicyclic) bond motifs is 1. The first-order chi connectivity index (χ1) is 12.5. The second-order valence-corrected chi connectivity index (χ2v) is 8.77. The Bertz CT molecular complexity index is 1110. The van der Waals surface area contributed by atoms with Gasteiger partial charge < -0.3 is 4.98 Å². The van der Waals surface area contributed by atoms with Crippen LogP contribution in [-0.4, -0.2) is 30.8 Å². The second kappa shape index (κ2) is 6.41. The van der Waals surface area contributed by atoms with Crippen molar-refractivity contribution < 1.29 is 8.42 Å². The number of nitrogens with one attached hydrogen (secondary N) is 1. The van der Waals surface area contributed by atoms with E-state index in [4.69, 9.17) is 0 Å². The highest BCUT2D eigenvalue weighted by Crippen LogP contribution is 2.33. The minimum Gasteiger partial charge on any atom is -0.358 e. The minimum atomic E-state index is -3.45. The maximum atomic E-state index is 12.9. The number of aryl methyl sites for hydroxylation is 2. The summed E-state index contributed by atoms with van der Waals surface area (Å²) in [7, 11) is -3.45.